The molecule has 0 spiro atoms. The van der Waals surface area contributed by atoms with Crippen LogP contribution in [0.1, 0.15) is 24.2 Å². The lowest BCUT2D eigenvalue weighted by atomic mass is 9.94. The molecule has 0 radical (unpaired) electrons. The summed E-state index contributed by atoms with van der Waals surface area (Å²) in [6.45, 7) is 2.62. The van der Waals surface area contributed by atoms with Crippen LogP contribution < -0.4 is 0 Å². The van der Waals surface area contributed by atoms with Crippen molar-refractivity contribution in [3.05, 3.63) is 46.0 Å². The van der Waals surface area contributed by atoms with E-state index in [-0.39, 0.29) is 0 Å². The van der Waals surface area contributed by atoms with Crippen LogP contribution in [-0.4, -0.2) is 16.2 Å². The summed E-state index contributed by atoms with van der Waals surface area (Å²) in [4.78, 5) is 21.7. The van der Waals surface area contributed by atoms with E-state index in [0.29, 0.717) is 5.56 Å². The molecule has 1 aromatic carbocycles. The minimum Gasteiger partial charge on any atom is -0.286 e. The van der Waals surface area contributed by atoms with Gasteiger partial charge >= 0.3 is 0 Å². The molecule has 0 bridgehead atoms. The fourth-order valence-corrected chi connectivity index (χ4v) is 1.03. The highest BCUT2D eigenvalue weighted by molar-refractivity contribution is 6.01. The molecule has 0 aromatic heterocycles. The van der Waals surface area contributed by atoms with Gasteiger partial charge in [0, 0.05) is 24.3 Å². The SMILES string of the molecule is CC(C)(C(=O)c1ccccc1)[N+](=O)[O-]. The molecule has 14 heavy (non-hydrogen) atoms. The molecule has 0 saturated carbocycles. The van der Waals surface area contributed by atoms with Crippen molar-refractivity contribution >= 4 is 5.78 Å². The third-order valence-corrected chi connectivity index (χ3v) is 2.05. The zero-order valence-electron chi connectivity index (χ0n) is 8.06. The average molecular weight is 193 g/mol. The van der Waals surface area contributed by atoms with Gasteiger partial charge in [0.1, 0.15) is 0 Å². The molecular formula is C10H11NO3. The topological polar surface area (TPSA) is 60.2 Å². The fraction of sp³-hybridized carbons (Fsp3) is 0.300. The first-order chi connectivity index (χ1) is 6.46. The maximum Gasteiger partial charge on any atom is 0.278 e. The van der Waals surface area contributed by atoms with Gasteiger partial charge in [-0.25, -0.2) is 0 Å². The van der Waals surface area contributed by atoms with Crippen molar-refractivity contribution in [2.24, 2.45) is 0 Å². The Morgan fingerprint density at radius 1 is 1.29 bits per heavy atom. The number of Topliss-reactive ketones (excluding diaryl/α,β-unsaturated/α-hetero) is 1. The molecule has 0 aliphatic carbocycles. The molecule has 4 heteroatoms. The number of carbonyl (C=O) groups excluding carboxylic acids is 1. The molecule has 4 nitrogen and oxygen atoms in total. The lowest BCUT2D eigenvalue weighted by molar-refractivity contribution is -0.540. The molecule has 74 valence electrons. The van der Waals surface area contributed by atoms with Crippen LogP contribution in [0, 0.1) is 10.1 Å². The van der Waals surface area contributed by atoms with E-state index in [1.807, 2.05) is 0 Å². The summed E-state index contributed by atoms with van der Waals surface area (Å²) in [7, 11) is 0. The molecule has 0 heterocycles. The van der Waals surface area contributed by atoms with Crippen LogP contribution in [0.5, 0.6) is 0 Å². The van der Waals surface area contributed by atoms with Crippen molar-refractivity contribution < 1.29 is 9.72 Å². The predicted octanol–water partition coefficient (Wildman–Crippen LogP) is 1.92. The van der Waals surface area contributed by atoms with Gasteiger partial charge < -0.3 is 0 Å². The van der Waals surface area contributed by atoms with Gasteiger partial charge in [-0.05, 0) is 0 Å². The molecule has 0 fully saturated rings. The Bertz CT molecular complexity index is 357. The second-order valence-corrected chi connectivity index (χ2v) is 3.51. The van der Waals surface area contributed by atoms with Gasteiger partial charge in [-0.2, -0.15) is 0 Å². The first kappa shape index (κ1) is 10.4. The maximum atomic E-state index is 11.7. The van der Waals surface area contributed by atoms with Crippen LogP contribution in [-0.2, 0) is 0 Å². The Balaban J connectivity index is 3.03. The first-order valence-corrected chi connectivity index (χ1v) is 4.20. The molecule has 1 rings (SSSR count). The van der Waals surface area contributed by atoms with Crippen molar-refractivity contribution in [1.82, 2.24) is 0 Å². The van der Waals surface area contributed by atoms with Crippen molar-refractivity contribution in [1.29, 1.82) is 0 Å². The summed E-state index contributed by atoms with van der Waals surface area (Å²) in [6, 6.07) is 8.28. The van der Waals surface area contributed by atoms with Gasteiger partial charge in [0.15, 0.2) is 0 Å². The third kappa shape index (κ3) is 1.79. The number of nitrogens with zero attached hydrogens (tertiary/aromatic N) is 1. The molecule has 0 saturated heterocycles. The highest BCUT2D eigenvalue weighted by Gasteiger charge is 2.40. The van der Waals surface area contributed by atoms with Crippen molar-refractivity contribution in [3.63, 3.8) is 0 Å². The number of carbonyl (C=O) groups is 1. The van der Waals surface area contributed by atoms with E-state index in [2.05, 4.69) is 0 Å². The Morgan fingerprint density at radius 2 is 1.79 bits per heavy atom. The average Bonchev–Trinajstić information content (AvgIpc) is 2.17. The molecule has 0 atom stereocenters. The smallest absolute Gasteiger partial charge is 0.278 e. The van der Waals surface area contributed by atoms with E-state index >= 15 is 0 Å². The molecule has 0 aliphatic heterocycles. The summed E-state index contributed by atoms with van der Waals surface area (Å²) < 4.78 is 0. The van der Waals surface area contributed by atoms with Crippen molar-refractivity contribution in [2.45, 2.75) is 19.4 Å². The number of hydrogen-bond donors (Lipinski definition) is 0. The van der Waals surface area contributed by atoms with E-state index in [1.165, 1.54) is 13.8 Å². The normalized spacial score (nSPS) is 11.0. The van der Waals surface area contributed by atoms with Crippen LogP contribution >= 0.6 is 0 Å². The first-order valence-electron chi connectivity index (χ1n) is 4.20. The van der Waals surface area contributed by atoms with Gasteiger partial charge in [0.25, 0.3) is 5.54 Å². The second-order valence-electron chi connectivity index (χ2n) is 3.51. The third-order valence-electron chi connectivity index (χ3n) is 2.05. The van der Waals surface area contributed by atoms with Crippen molar-refractivity contribution in [3.8, 4) is 0 Å². The highest BCUT2D eigenvalue weighted by Crippen LogP contribution is 2.15. The summed E-state index contributed by atoms with van der Waals surface area (Å²) in [5, 5.41) is 10.6. The van der Waals surface area contributed by atoms with Gasteiger partial charge in [0.05, 0.1) is 0 Å². The van der Waals surface area contributed by atoms with E-state index in [9.17, 15) is 14.9 Å². The Kier molecular flexibility index (Phi) is 2.65. The lowest BCUT2D eigenvalue weighted by Gasteiger charge is -2.13. The Labute approximate surface area is 81.7 Å². The Hall–Kier alpha value is -1.71. The van der Waals surface area contributed by atoms with Crippen molar-refractivity contribution in [2.75, 3.05) is 0 Å². The standard InChI is InChI=1S/C10H11NO3/c1-10(2,11(13)14)9(12)8-6-4-3-5-7-8/h3-7H,1-2H3. The number of benzene rings is 1. The molecule has 0 N–H and O–H groups in total. The number of rotatable bonds is 3. The molecule has 1 aromatic rings. The molecular weight excluding hydrogens is 182 g/mol. The summed E-state index contributed by atoms with van der Waals surface area (Å²) >= 11 is 0. The largest absolute Gasteiger partial charge is 0.286 e. The van der Waals surface area contributed by atoms with Gasteiger partial charge in [-0.1, -0.05) is 30.3 Å². The predicted molar refractivity (Wildman–Crippen MR) is 51.8 cm³/mol. The number of ketones is 1. The minimum absolute atomic E-state index is 0.370. The van der Waals surface area contributed by atoms with E-state index < -0.39 is 16.2 Å². The number of nitro groups is 1. The van der Waals surface area contributed by atoms with Crippen LogP contribution in [0.25, 0.3) is 0 Å². The summed E-state index contributed by atoms with van der Waals surface area (Å²) in [5.74, 6) is -0.469. The highest BCUT2D eigenvalue weighted by atomic mass is 16.6. The fourth-order valence-electron chi connectivity index (χ4n) is 1.03. The summed E-state index contributed by atoms with van der Waals surface area (Å²) in [6.07, 6.45) is 0. The zero-order chi connectivity index (χ0) is 10.8. The lowest BCUT2D eigenvalue weighted by Crippen LogP contribution is -2.40. The minimum atomic E-state index is -1.55. The van der Waals surface area contributed by atoms with Gasteiger partial charge in [-0.15, -0.1) is 0 Å². The molecule has 0 amide bonds. The monoisotopic (exact) mass is 193 g/mol. The molecule has 0 aliphatic rings. The quantitative estimate of drug-likeness (QED) is 0.418. The van der Waals surface area contributed by atoms with Crippen LogP contribution in [0.4, 0.5) is 0 Å². The maximum absolute atomic E-state index is 11.7. The zero-order valence-corrected chi connectivity index (χ0v) is 8.06. The van der Waals surface area contributed by atoms with E-state index in [4.69, 9.17) is 0 Å². The number of hydrogen-bond acceptors (Lipinski definition) is 3. The molecule has 0 unspecified atom stereocenters. The van der Waals surface area contributed by atoms with E-state index in [1.54, 1.807) is 30.3 Å². The Morgan fingerprint density at radius 3 is 2.21 bits per heavy atom. The van der Waals surface area contributed by atoms with Gasteiger partial charge in [0.2, 0.25) is 5.78 Å². The van der Waals surface area contributed by atoms with E-state index in [0.717, 1.165) is 0 Å². The second kappa shape index (κ2) is 3.57. The van der Waals surface area contributed by atoms with Gasteiger partial charge in [-0.3, -0.25) is 14.9 Å². The van der Waals surface area contributed by atoms with Crippen LogP contribution in [0.2, 0.25) is 0 Å². The van der Waals surface area contributed by atoms with Crippen LogP contribution in [0.3, 0.4) is 0 Å². The summed E-state index contributed by atoms with van der Waals surface area (Å²) in [5.41, 5.74) is -1.18. The van der Waals surface area contributed by atoms with Crippen LogP contribution in [0.15, 0.2) is 30.3 Å².